The largest absolute Gasteiger partial charge is 0.462 e. The molecule has 0 spiro atoms. The summed E-state index contributed by atoms with van der Waals surface area (Å²) in [6.07, 6.45) is 1.58. The molecular formula is C22H18N4O3S. The Morgan fingerprint density at radius 2 is 1.77 bits per heavy atom. The third kappa shape index (κ3) is 4.39. The number of amides is 3. The van der Waals surface area contributed by atoms with Crippen LogP contribution in [0.25, 0.3) is 22.0 Å². The zero-order chi connectivity index (χ0) is 20.9. The van der Waals surface area contributed by atoms with Gasteiger partial charge in [0, 0.05) is 17.8 Å². The van der Waals surface area contributed by atoms with E-state index in [4.69, 9.17) is 10.2 Å². The van der Waals surface area contributed by atoms with E-state index < -0.39 is 6.03 Å². The number of primary amides is 1. The number of rotatable bonds is 6. The molecule has 0 bridgehead atoms. The number of carbonyl (C=O) groups is 2. The van der Waals surface area contributed by atoms with Crippen LogP contribution in [0.15, 0.2) is 77.4 Å². The molecule has 7 nitrogen and oxygen atoms in total. The molecule has 0 fully saturated rings. The first-order chi connectivity index (χ1) is 14.6. The molecule has 0 atom stereocenters. The number of nitrogens with zero attached hydrogens (tertiary/aromatic N) is 1. The van der Waals surface area contributed by atoms with Gasteiger partial charge in [0.2, 0.25) is 0 Å². The minimum Gasteiger partial charge on any atom is -0.462 e. The quantitative estimate of drug-likeness (QED) is 0.428. The van der Waals surface area contributed by atoms with Crippen LogP contribution in [-0.4, -0.2) is 16.9 Å². The summed E-state index contributed by atoms with van der Waals surface area (Å²) >= 11 is 1.29. The highest BCUT2D eigenvalue weighted by Gasteiger charge is 2.21. The van der Waals surface area contributed by atoms with Gasteiger partial charge in [-0.15, -0.1) is 11.3 Å². The van der Waals surface area contributed by atoms with Crippen molar-refractivity contribution in [1.29, 1.82) is 0 Å². The summed E-state index contributed by atoms with van der Waals surface area (Å²) in [5.41, 5.74) is 8.06. The standard InChI is InChI=1S/C22H18N4O3S/c23-22(28)25-16-10-8-14(9-11-16)13-24-20(27)19-18(15-5-2-1-3-6-15)26-21(30-19)17-7-4-12-29-17/h1-12H,13H2,(H,24,27)(H3,23,25,28). The summed E-state index contributed by atoms with van der Waals surface area (Å²) in [6.45, 7) is 0.331. The maximum absolute atomic E-state index is 13.0. The Labute approximate surface area is 176 Å². The molecular weight excluding hydrogens is 400 g/mol. The second-order valence-corrected chi connectivity index (χ2v) is 7.41. The van der Waals surface area contributed by atoms with Crippen molar-refractivity contribution in [3.63, 3.8) is 0 Å². The first-order valence-corrected chi connectivity index (χ1v) is 9.95. The molecule has 2 aromatic heterocycles. The SMILES string of the molecule is NC(=O)Nc1ccc(CNC(=O)c2sc(-c3ccco3)nc2-c2ccccc2)cc1. The Morgan fingerprint density at radius 1 is 1.00 bits per heavy atom. The first-order valence-electron chi connectivity index (χ1n) is 9.14. The van der Waals surface area contributed by atoms with Crippen molar-refractivity contribution in [3.05, 3.63) is 83.4 Å². The van der Waals surface area contributed by atoms with Gasteiger partial charge < -0.3 is 20.8 Å². The summed E-state index contributed by atoms with van der Waals surface area (Å²) in [5.74, 6) is 0.400. The monoisotopic (exact) mass is 418 g/mol. The number of nitrogens with one attached hydrogen (secondary N) is 2. The molecule has 0 aliphatic rings. The Hall–Kier alpha value is -3.91. The van der Waals surface area contributed by atoms with Crippen molar-refractivity contribution in [1.82, 2.24) is 10.3 Å². The van der Waals surface area contributed by atoms with E-state index in [1.54, 1.807) is 24.5 Å². The van der Waals surface area contributed by atoms with E-state index in [9.17, 15) is 9.59 Å². The second-order valence-electron chi connectivity index (χ2n) is 6.41. The molecule has 0 aliphatic heterocycles. The van der Waals surface area contributed by atoms with Crippen LogP contribution in [0.5, 0.6) is 0 Å². The molecule has 0 unspecified atom stereocenters. The summed E-state index contributed by atoms with van der Waals surface area (Å²) in [4.78, 5) is 29.0. The number of hydrogen-bond acceptors (Lipinski definition) is 5. The number of benzene rings is 2. The number of thiazole rings is 1. The van der Waals surface area contributed by atoms with Crippen LogP contribution in [0.3, 0.4) is 0 Å². The normalized spacial score (nSPS) is 10.5. The summed E-state index contributed by atoms with van der Waals surface area (Å²) in [7, 11) is 0. The zero-order valence-electron chi connectivity index (χ0n) is 15.8. The number of hydrogen-bond donors (Lipinski definition) is 3. The van der Waals surface area contributed by atoms with E-state index >= 15 is 0 Å². The van der Waals surface area contributed by atoms with Gasteiger partial charge in [-0.05, 0) is 29.8 Å². The van der Waals surface area contributed by atoms with Gasteiger partial charge in [-0.3, -0.25) is 4.79 Å². The lowest BCUT2D eigenvalue weighted by molar-refractivity contribution is 0.0955. The van der Waals surface area contributed by atoms with Crippen LogP contribution < -0.4 is 16.4 Å². The lowest BCUT2D eigenvalue weighted by atomic mass is 10.1. The molecule has 0 aliphatic carbocycles. The highest BCUT2D eigenvalue weighted by molar-refractivity contribution is 7.17. The number of carbonyl (C=O) groups excluding carboxylic acids is 2. The van der Waals surface area contributed by atoms with Crippen LogP contribution in [-0.2, 0) is 6.54 Å². The van der Waals surface area contributed by atoms with E-state index in [1.165, 1.54) is 11.3 Å². The Bertz CT molecular complexity index is 1150. The minimum absolute atomic E-state index is 0.219. The maximum atomic E-state index is 13.0. The van der Waals surface area contributed by atoms with E-state index in [0.717, 1.165) is 11.1 Å². The highest BCUT2D eigenvalue weighted by atomic mass is 32.1. The molecule has 4 N–H and O–H groups in total. The lowest BCUT2D eigenvalue weighted by Gasteiger charge is -2.07. The molecule has 8 heteroatoms. The predicted octanol–water partition coefficient (Wildman–Crippen LogP) is 4.49. The van der Waals surface area contributed by atoms with E-state index in [2.05, 4.69) is 15.6 Å². The molecule has 0 saturated carbocycles. The summed E-state index contributed by atoms with van der Waals surface area (Å²) < 4.78 is 5.45. The lowest BCUT2D eigenvalue weighted by Crippen LogP contribution is -2.22. The van der Waals surface area contributed by atoms with Crippen molar-refractivity contribution < 1.29 is 14.0 Å². The Morgan fingerprint density at radius 3 is 2.43 bits per heavy atom. The molecule has 0 saturated heterocycles. The average Bonchev–Trinajstić information content (AvgIpc) is 3.43. The van der Waals surface area contributed by atoms with Gasteiger partial charge in [0.25, 0.3) is 5.91 Å². The summed E-state index contributed by atoms with van der Waals surface area (Å²) in [5, 5.41) is 6.08. The number of furan rings is 1. The second kappa shape index (κ2) is 8.62. The fraction of sp³-hybridized carbons (Fsp3) is 0.0455. The third-order valence-electron chi connectivity index (χ3n) is 4.29. The van der Waals surface area contributed by atoms with Gasteiger partial charge >= 0.3 is 6.03 Å². The highest BCUT2D eigenvalue weighted by Crippen LogP contribution is 2.34. The van der Waals surface area contributed by atoms with Crippen LogP contribution in [0.4, 0.5) is 10.5 Å². The van der Waals surface area contributed by atoms with Crippen molar-refractivity contribution in [2.45, 2.75) is 6.54 Å². The molecule has 3 amide bonds. The van der Waals surface area contributed by atoms with Gasteiger partial charge in [0.1, 0.15) is 4.88 Å². The average molecular weight is 418 g/mol. The number of urea groups is 1. The smallest absolute Gasteiger partial charge is 0.316 e. The molecule has 30 heavy (non-hydrogen) atoms. The van der Waals surface area contributed by atoms with Gasteiger partial charge in [0.05, 0.1) is 12.0 Å². The summed E-state index contributed by atoms with van der Waals surface area (Å²) in [6, 6.07) is 19.6. The Kier molecular flexibility index (Phi) is 5.58. The van der Waals surface area contributed by atoms with E-state index in [-0.39, 0.29) is 5.91 Å². The first kappa shape index (κ1) is 19.4. The van der Waals surface area contributed by atoms with E-state index in [0.29, 0.717) is 33.6 Å². The molecule has 2 aromatic carbocycles. The maximum Gasteiger partial charge on any atom is 0.316 e. The Balaban J connectivity index is 1.55. The van der Waals surface area contributed by atoms with Crippen LogP contribution in [0.1, 0.15) is 15.2 Å². The fourth-order valence-electron chi connectivity index (χ4n) is 2.88. The van der Waals surface area contributed by atoms with Crippen molar-refractivity contribution >= 4 is 29.0 Å². The van der Waals surface area contributed by atoms with Crippen LogP contribution in [0.2, 0.25) is 0 Å². The molecule has 4 aromatic rings. The number of aromatic nitrogens is 1. The molecule has 4 rings (SSSR count). The molecule has 2 heterocycles. The third-order valence-corrected chi connectivity index (χ3v) is 5.36. The predicted molar refractivity (Wildman–Crippen MR) is 116 cm³/mol. The number of anilines is 1. The van der Waals surface area contributed by atoms with Gasteiger partial charge in [-0.1, -0.05) is 42.5 Å². The number of nitrogens with two attached hydrogens (primary N) is 1. The van der Waals surface area contributed by atoms with Crippen molar-refractivity contribution in [2.75, 3.05) is 5.32 Å². The molecule has 150 valence electrons. The fourth-order valence-corrected chi connectivity index (χ4v) is 3.85. The molecule has 0 radical (unpaired) electrons. The minimum atomic E-state index is -0.623. The van der Waals surface area contributed by atoms with Crippen molar-refractivity contribution in [3.8, 4) is 22.0 Å². The van der Waals surface area contributed by atoms with Gasteiger partial charge in [-0.2, -0.15) is 0 Å². The van der Waals surface area contributed by atoms with Gasteiger partial charge in [-0.25, -0.2) is 9.78 Å². The van der Waals surface area contributed by atoms with Crippen LogP contribution in [0, 0.1) is 0 Å². The topological polar surface area (TPSA) is 110 Å². The van der Waals surface area contributed by atoms with Gasteiger partial charge in [0.15, 0.2) is 10.8 Å². The van der Waals surface area contributed by atoms with Crippen LogP contribution >= 0.6 is 11.3 Å². The van der Waals surface area contributed by atoms with Crippen molar-refractivity contribution in [2.24, 2.45) is 5.73 Å². The zero-order valence-corrected chi connectivity index (χ0v) is 16.6. The van der Waals surface area contributed by atoms with E-state index in [1.807, 2.05) is 48.5 Å².